The lowest BCUT2D eigenvalue weighted by molar-refractivity contribution is 0.415. The number of ether oxygens (including phenoxy) is 1. The predicted octanol–water partition coefficient (Wildman–Crippen LogP) is 3.42. The first-order chi connectivity index (χ1) is 10.5. The van der Waals surface area contributed by atoms with Crippen LogP contribution in [0.15, 0.2) is 47.4 Å². The molecule has 0 spiro atoms. The molecule has 0 atom stereocenters. The third kappa shape index (κ3) is 3.81. The summed E-state index contributed by atoms with van der Waals surface area (Å²) in [7, 11) is -1.95. The van der Waals surface area contributed by atoms with Gasteiger partial charge in [-0.1, -0.05) is 30.4 Å². The lowest BCUT2D eigenvalue weighted by Crippen LogP contribution is -2.05. The van der Waals surface area contributed by atoms with Crippen LogP contribution < -0.4 is 10.5 Å². The zero-order valence-electron chi connectivity index (χ0n) is 12.0. The molecule has 2 aromatic carbocycles. The van der Waals surface area contributed by atoms with Crippen LogP contribution in [0.5, 0.6) is 5.75 Å². The monoisotopic (exact) mass is 337 g/mol. The molecule has 0 aromatic heterocycles. The van der Waals surface area contributed by atoms with E-state index in [2.05, 4.69) is 0 Å². The van der Waals surface area contributed by atoms with Gasteiger partial charge in [0.1, 0.15) is 11.0 Å². The molecule has 0 bridgehead atoms. The highest BCUT2D eigenvalue weighted by Gasteiger charge is 2.16. The van der Waals surface area contributed by atoms with Crippen LogP contribution in [0.3, 0.4) is 0 Å². The van der Waals surface area contributed by atoms with Gasteiger partial charge in [-0.15, -0.1) is 11.6 Å². The molecule has 0 fully saturated rings. The Hall–Kier alpha value is -1.98. The van der Waals surface area contributed by atoms with Gasteiger partial charge >= 0.3 is 0 Å². The molecule has 0 aliphatic rings. The van der Waals surface area contributed by atoms with Crippen molar-refractivity contribution in [3.8, 4) is 5.75 Å². The van der Waals surface area contributed by atoms with Gasteiger partial charge in [-0.05, 0) is 35.4 Å². The maximum atomic E-state index is 12.0. The molecule has 2 aromatic rings. The standard InChI is InChI=1S/C16H16ClNO3S/c1-21-15-8-3-12(4-9-15)2-5-13-6-7-14(18)10-16(13)22(19,20)11-17/h2-10H,11,18H2,1H3. The van der Waals surface area contributed by atoms with Crippen LogP contribution in [0.4, 0.5) is 5.69 Å². The van der Waals surface area contributed by atoms with E-state index in [4.69, 9.17) is 22.1 Å². The Morgan fingerprint density at radius 3 is 2.41 bits per heavy atom. The van der Waals surface area contributed by atoms with Crippen molar-refractivity contribution in [2.75, 3.05) is 18.1 Å². The van der Waals surface area contributed by atoms with Gasteiger partial charge < -0.3 is 10.5 Å². The molecule has 6 heteroatoms. The van der Waals surface area contributed by atoms with Gasteiger partial charge in [-0.25, -0.2) is 8.42 Å². The number of hydrogen-bond donors (Lipinski definition) is 1. The van der Waals surface area contributed by atoms with Crippen LogP contribution in [0.1, 0.15) is 11.1 Å². The fourth-order valence-corrected chi connectivity index (χ4v) is 3.20. The number of benzene rings is 2. The van der Waals surface area contributed by atoms with Crippen molar-refractivity contribution in [1.29, 1.82) is 0 Å². The van der Waals surface area contributed by atoms with Crippen molar-refractivity contribution in [1.82, 2.24) is 0 Å². The number of halogens is 1. The topological polar surface area (TPSA) is 69.4 Å². The van der Waals surface area contributed by atoms with Crippen molar-refractivity contribution in [3.63, 3.8) is 0 Å². The summed E-state index contributed by atoms with van der Waals surface area (Å²) in [6.45, 7) is 0. The fraction of sp³-hybridized carbons (Fsp3) is 0.125. The maximum absolute atomic E-state index is 12.0. The highest BCUT2D eigenvalue weighted by atomic mass is 35.5. The van der Waals surface area contributed by atoms with E-state index in [1.807, 2.05) is 30.3 Å². The second-order valence-corrected chi connectivity index (χ2v) is 7.17. The molecule has 2 N–H and O–H groups in total. The lowest BCUT2D eigenvalue weighted by atomic mass is 10.1. The Labute approximate surface area is 135 Å². The SMILES string of the molecule is COc1ccc(C=Cc2ccc(N)cc2S(=O)(=O)CCl)cc1. The zero-order chi connectivity index (χ0) is 16.2. The van der Waals surface area contributed by atoms with Crippen molar-refractivity contribution >= 4 is 39.3 Å². The molecule has 0 saturated carbocycles. The van der Waals surface area contributed by atoms with Crippen molar-refractivity contribution in [2.45, 2.75) is 4.90 Å². The molecular formula is C16H16ClNO3S. The van der Waals surface area contributed by atoms with Gasteiger partial charge in [-0.3, -0.25) is 0 Å². The second-order valence-electron chi connectivity index (χ2n) is 4.63. The van der Waals surface area contributed by atoms with E-state index in [0.717, 1.165) is 11.3 Å². The van der Waals surface area contributed by atoms with Crippen molar-refractivity contribution in [2.24, 2.45) is 0 Å². The van der Waals surface area contributed by atoms with Crippen LogP contribution in [0.2, 0.25) is 0 Å². The molecule has 4 nitrogen and oxygen atoms in total. The van der Waals surface area contributed by atoms with E-state index in [9.17, 15) is 8.42 Å². The minimum Gasteiger partial charge on any atom is -0.497 e. The number of hydrogen-bond acceptors (Lipinski definition) is 4. The number of nitrogens with two attached hydrogens (primary N) is 1. The molecule has 0 aliphatic carbocycles. The summed E-state index contributed by atoms with van der Waals surface area (Å²) in [6, 6.07) is 12.2. The Bertz CT molecular complexity index is 784. The van der Waals surface area contributed by atoms with Gasteiger partial charge in [-0.2, -0.15) is 0 Å². The van der Waals surface area contributed by atoms with E-state index >= 15 is 0 Å². The molecule has 0 heterocycles. The summed E-state index contributed by atoms with van der Waals surface area (Å²) in [5, 5.41) is -0.486. The first-order valence-corrected chi connectivity index (χ1v) is 8.65. The minimum absolute atomic E-state index is 0.132. The third-order valence-corrected chi connectivity index (χ3v) is 5.26. The quantitative estimate of drug-likeness (QED) is 0.515. The molecule has 2 rings (SSSR count). The largest absolute Gasteiger partial charge is 0.497 e. The van der Waals surface area contributed by atoms with Gasteiger partial charge in [0.05, 0.1) is 12.0 Å². The van der Waals surface area contributed by atoms with Gasteiger partial charge in [0.15, 0.2) is 9.84 Å². The van der Waals surface area contributed by atoms with Crippen LogP contribution in [0, 0.1) is 0 Å². The molecule has 0 aliphatic heterocycles. The molecule has 0 amide bonds. The Kier molecular flexibility index (Phi) is 5.11. The summed E-state index contributed by atoms with van der Waals surface area (Å²) < 4.78 is 29.2. The molecular weight excluding hydrogens is 322 g/mol. The first-order valence-electron chi connectivity index (χ1n) is 6.46. The minimum atomic E-state index is -3.55. The van der Waals surface area contributed by atoms with E-state index in [0.29, 0.717) is 11.3 Å². The number of sulfone groups is 1. The highest BCUT2D eigenvalue weighted by molar-refractivity contribution is 7.92. The summed E-state index contributed by atoms with van der Waals surface area (Å²) in [5.41, 5.74) is 7.52. The summed E-state index contributed by atoms with van der Waals surface area (Å²) >= 11 is 5.54. The van der Waals surface area contributed by atoms with Crippen LogP contribution in [0.25, 0.3) is 12.2 Å². The summed E-state index contributed by atoms with van der Waals surface area (Å²) in [6.07, 6.45) is 3.54. The average Bonchev–Trinajstić information content (AvgIpc) is 2.54. The average molecular weight is 338 g/mol. The number of anilines is 1. The van der Waals surface area contributed by atoms with Crippen LogP contribution in [-0.4, -0.2) is 20.7 Å². The smallest absolute Gasteiger partial charge is 0.192 e. The zero-order valence-corrected chi connectivity index (χ0v) is 13.6. The van der Waals surface area contributed by atoms with Crippen LogP contribution >= 0.6 is 11.6 Å². The number of rotatable bonds is 5. The normalized spacial score (nSPS) is 11.7. The Morgan fingerprint density at radius 2 is 1.82 bits per heavy atom. The molecule has 0 radical (unpaired) electrons. The molecule has 0 unspecified atom stereocenters. The number of nitrogen functional groups attached to an aromatic ring is 1. The Balaban J connectivity index is 2.38. The van der Waals surface area contributed by atoms with E-state index in [1.54, 1.807) is 25.3 Å². The lowest BCUT2D eigenvalue weighted by Gasteiger charge is -2.07. The van der Waals surface area contributed by atoms with E-state index in [-0.39, 0.29) is 4.90 Å². The fourth-order valence-electron chi connectivity index (χ4n) is 1.92. The van der Waals surface area contributed by atoms with Gasteiger partial charge in [0.25, 0.3) is 0 Å². The molecule has 22 heavy (non-hydrogen) atoms. The predicted molar refractivity (Wildman–Crippen MR) is 90.7 cm³/mol. The second kappa shape index (κ2) is 6.85. The number of methoxy groups -OCH3 is 1. The summed E-state index contributed by atoms with van der Waals surface area (Å²) in [4.78, 5) is 0.132. The van der Waals surface area contributed by atoms with Crippen molar-refractivity contribution < 1.29 is 13.2 Å². The van der Waals surface area contributed by atoms with E-state index in [1.165, 1.54) is 6.07 Å². The van der Waals surface area contributed by atoms with Gasteiger partial charge in [0, 0.05) is 5.69 Å². The van der Waals surface area contributed by atoms with Crippen LogP contribution in [-0.2, 0) is 9.84 Å². The third-order valence-electron chi connectivity index (χ3n) is 3.09. The molecule has 0 saturated heterocycles. The van der Waals surface area contributed by atoms with Gasteiger partial charge in [0.2, 0.25) is 0 Å². The summed E-state index contributed by atoms with van der Waals surface area (Å²) in [5.74, 6) is 0.759. The Morgan fingerprint density at radius 1 is 1.14 bits per heavy atom. The highest BCUT2D eigenvalue weighted by Crippen LogP contribution is 2.23. The van der Waals surface area contributed by atoms with E-state index < -0.39 is 15.0 Å². The number of alkyl halides is 1. The maximum Gasteiger partial charge on any atom is 0.192 e. The van der Waals surface area contributed by atoms with Crippen molar-refractivity contribution in [3.05, 3.63) is 53.6 Å². The first kappa shape index (κ1) is 16.4. The molecule has 116 valence electrons.